The van der Waals surface area contributed by atoms with E-state index < -0.39 is 97.5 Å². The first-order valence-corrected chi connectivity index (χ1v) is 41.9. The van der Waals surface area contributed by atoms with Crippen molar-refractivity contribution in [1.82, 2.24) is 0 Å². The van der Waals surface area contributed by atoms with Crippen LogP contribution in [0.2, 0.25) is 0 Å². The summed E-state index contributed by atoms with van der Waals surface area (Å²) in [5, 5.41) is 10.6. The normalized spacial score (nSPS) is 14.0. The molecule has 556 valence electrons. The van der Waals surface area contributed by atoms with Gasteiger partial charge in [-0.05, 0) is 51.4 Å². The summed E-state index contributed by atoms with van der Waals surface area (Å²) in [6.45, 7) is 4.96. The van der Waals surface area contributed by atoms with Gasteiger partial charge < -0.3 is 33.8 Å². The maximum Gasteiger partial charge on any atom is 0.472 e. The second-order valence-corrected chi connectivity index (χ2v) is 29.6. The van der Waals surface area contributed by atoms with Gasteiger partial charge in [0, 0.05) is 25.7 Å². The van der Waals surface area contributed by atoms with Crippen molar-refractivity contribution < 1.29 is 80.2 Å². The van der Waals surface area contributed by atoms with Crippen molar-refractivity contribution in [2.45, 2.75) is 406 Å². The van der Waals surface area contributed by atoms with Crippen LogP contribution in [0, 0.1) is 0 Å². The van der Waals surface area contributed by atoms with Crippen molar-refractivity contribution in [3.8, 4) is 0 Å². The van der Waals surface area contributed by atoms with Crippen LogP contribution in [-0.2, 0) is 65.4 Å². The molecule has 0 fully saturated rings. The lowest BCUT2D eigenvalue weighted by atomic mass is 10.0. The summed E-state index contributed by atoms with van der Waals surface area (Å²) < 4.78 is 68.5. The lowest BCUT2D eigenvalue weighted by Crippen LogP contribution is -2.30. The number of unbranched alkanes of at least 4 members (excludes halogenated alkanes) is 47. The van der Waals surface area contributed by atoms with Crippen LogP contribution >= 0.6 is 15.6 Å². The van der Waals surface area contributed by atoms with Crippen molar-refractivity contribution in [3.05, 3.63) is 12.2 Å². The molecule has 19 heteroatoms. The van der Waals surface area contributed by atoms with E-state index in [0.29, 0.717) is 25.7 Å². The standard InChI is InChI=1S/C75H144O17P2/c1-5-9-13-17-21-25-29-32-34-37-40-43-47-51-55-59-72(77)85-65-70(91-74(79)61-57-53-49-45-39-28-24-20-16-12-8-4)67-89-93(81,82)87-63-69(76)64-88-94(83,84)90-68-71(92-75(80)62-58-54-50-46-42-36-31-27-23-19-15-11-7-3)66-86-73(78)60-56-52-48-44-41-38-35-33-30-26-22-18-14-10-6-2/h33,35,69-71,76H,5-32,34,36-68H2,1-4H3,(H,81,82)(H,83,84)/b35-33-. The van der Waals surface area contributed by atoms with E-state index in [1.807, 2.05) is 0 Å². The van der Waals surface area contributed by atoms with Gasteiger partial charge in [-0.3, -0.25) is 37.3 Å². The van der Waals surface area contributed by atoms with E-state index in [0.717, 1.165) is 109 Å². The Morgan fingerprint density at radius 1 is 0.287 bits per heavy atom. The minimum Gasteiger partial charge on any atom is -0.462 e. The van der Waals surface area contributed by atoms with Gasteiger partial charge in [0.05, 0.1) is 26.4 Å². The summed E-state index contributed by atoms with van der Waals surface area (Å²) in [6, 6.07) is 0. The number of phosphoric acid groups is 2. The van der Waals surface area contributed by atoms with Gasteiger partial charge in [0.1, 0.15) is 19.3 Å². The van der Waals surface area contributed by atoms with Crippen LogP contribution in [0.3, 0.4) is 0 Å². The van der Waals surface area contributed by atoms with E-state index in [4.69, 9.17) is 37.0 Å². The number of allylic oxidation sites excluding steroid dienone is 2. The Hall–Kier alpha value is -2.20. The number of hydrogen-bond acceptors (Lipinski definition) is 15. The fourth-order valence-electron chi connectivity index (χ4n) is 11.3. The third kappa shape index (κ3) is 68.3. The average molecular weight is 1380 g/mol. The molecule has 0 aromatic rings. The van der Waals surface area contributed by atoms with Crippen molar-refractivity contribution in [3.63, 3.8) is 0 Å². The number of carbonyl (C=O) groups excluding carboxylic acids is 4. The maximum absolute atomic E-state index is 13.1. The molecular formula is C75H144O17P2. The Labute approximate surface area is 574 Å². The molecule has 0 aromatic heterocycles. The molecule has 0 aromatic carbocycles. The van der Waals surface area contributed by atoms with Gasteiger partial charge in [0.15, 0.2) is 12.2 Å². The van der Waals surface area contributed by atoms with Gasteiger partial charge >= 0.3 is 39.5 Å². The van der Waals surface area contributed by atoms with E-state index in [9.17, 15) is 43.2 Å². The molecule has 0 aliphatic rings. The fourth-order valence-corrected chi connectivity index (χ4v) is 12.9. The Morgan fingerprint density at radius 3 is 0.734 bits per heavy atom. The molecule has 5 atom stereocenters. The molecule has 0 aliphatic carbocycles. The number of hydrogen-bond donors (Lipinski definition) is 3. The Morgan fingerprint density at radius 2 is 0.489 bits per heavy atom. The lowest BCUT2D eigenvalue weighted by molar-refractivity contribution is -0.161. The first-order chi connectivity index (χ1) is 45.7. The number of rotatable bonds is 75. The summed E-state index contributed by atoms with van der Waals surface area (Å²) in [7, 11) is -9.91. The van der Waals surface area contributed by atoms with Gasteiger partial charge in [0.25, 0.3) is 0 Å². The van der Waals surface area contributed by atoms with Crippen LogP contribution in [0.5, 0.6) is 0 Å². The number of ether oxygens (including phenoxy) is 4. The van der Waals surface area contributed by atoms with Gasteiger partial charge in [-0.15, -0.1) is 0 Å². The first-order valence-electron chi connectivity index (χ1n) is 38.9. The first kappa shape index (κ1) is 91.8. The predicted octanol–water partition coefficient (Wildman–Crippen LogP) is 22.0. The van der Waals surface area contributed by atoms with E-state index >= 15 is 0 Å². The minimum absolute atomic E-state index is 0.105. The highest BCUT2D eigenvalue weighted by Gasteiger charge is 2.30. The highest BCUT2D eigenvalue weighted by atomic mass is 31.2. The molecular weight excluding hydrogens is 1230 g/mol. The lowest BCUT2D eigenvalue weighted by Gasteiger charge is -2.21. The summed E-state index contributed by atoms with van der Waals surface area (Å²) in [5.74, 6) is -2.13. The summed E-state index contributed by atoms with van der Waals surface area (Å²) in [4.78, 5) is 72.8. The van der Waals surface area contributed by atoms with Crippen molar-refractivity contribution in [1.29, 1.82) is 0 Å². The molecule has 0 saturated carbocycles. The quantitative estimate of drug-likeness (QED) is 0.0169. The summed E-state index contributed by atoms with van der Waals surface area (Å²) in [5.41, 5.74) is 0. The molecule has 17 nitrogen and oxygen atoms in total. The Bertz CT molecular complexity index is 1840. The van der Waals surface area contributed by atoms with Crippen molar-refractivity contribution in [2.24, 2.45) is 0 Å². The Balaban J connectivity index is 5.25. The minimum atomic E-state index is -4.96. The van der Waals surface area contributed by atoms with Crippen LogP contribution in [0.25, 0.3) is 0 Å². The van der Waals surface area contributed by atoms with E-state index in [1.165, 1.54) is 199 Å². The number of phosphoric ester groups is 2. The molecule has 0 spiro atoms. The molecule has 0 saturated heterocycles. The van der Waals surface area contributed by atoms with Crippen molar-refractivity contribution >= 4 is 39.5 Å². The van der Waals surface area contributed by atoms with Gasteiger partial charge in [-0.25, -0.2) is 9.13 Å². The average Bonchev–Trinajstić information content (AvgIpc) is 1.55. The van der Waals surface area contributed by atoms with Crippen LogP contribution in [-0.4, -0.2) is 96.7 Å². The molecule has 5 unspecified atom stereocenters. The number of carbonyl (C=O) groups is 4. The second-order valence-electron chi connectivity index (χ2n) is 26.7. The highest BCUT2D eigenvalue weighted by molar-refractivity contribution is 7.47. The molecule has 0 amide bonds. The van der Waals surface area contributed by atoms with Gasteiger partial charge in [0.2, 0.25) is 0 Å². The predicted molar refractivity (Wildman–Crippen MR) is 382 cm³/mol. The molecule has 0 aliphatic heterocycles. The monoisotopic (exact) mass is 1380 g/mol. The smallest absolute Gasteiger partial charge is 0.462 e. The van der Waals surface area contributed by atoms with Crippen LogP contribution in [0.15, 0.2) is 12.2 Å². The zero-order valence-electron chi connectivity index (χ0n) is 60.7. The van der Waals surface area contributed by atoms with Gasteiger partial charge in [-0.2, -0.15) is 0 Å². The molecule has 0 radical (unpaired) electrons. The van der Waals surface area contributed by atoms with Crippen LogP contribution in [0.1, 0.15) is 387 Å². The Kier molecular flexibility index (Phi) is 67.7. The molecule has 0 bridgehead atoms. The molecule has 94 heavy (non-hydrogen) atoms. The molecule has 0 heterocycles. The molecule has 0 rings (SSSR count). The third-order valence-corrected chi connectivity index (χ3v) is 19.2. The topological polar surface area (TPSA) is 237 Å². The fraction of sp³-hybridized carbons (Fsp3) is 0.920. The van der Waals surface area contributed by atoms with E-state index in [1.54, 1.807) is 0 Å². The second kappa shape index (κ2) is 69.3. The summed E-state index contributed by atoms with van der Waals surface area (Å²) >= 11 is 0. The van der Waals surface area contributed by atoms with E-state index in [-0.39, 0.29) is 25.7 Å². The summed E-state index contributed by atoms with van der Waals surface area (Å²) in [6.07, 6.45) is 60.5. The van der Waals surface area contributed by atoms with Crippen LogP contribution < -0.4 is 0 Å². The van der Waals surface area contributed by atoms with E-state index in [2.05, 4.69) is 39.8 Å². The number of aliphatic hydroxyl groups is 1. The largest absolute Gasteiger partial charge is 0.472 e. The van der Waals surface area contributed by atoms with Gasteiger partial charge in [-0.1, -0.05) is 322 Å². The zero-order chi connectivity index (χ0) is 69.0. The number of esters is 4. The zero-order valence-corrected chi connectivity index (χ0v) is 62.5. The molecule has 3 N–H and O–H groups in total. The highest BCUT2D eigenvalue weighted by Crippen LogP contribution is 2.45. The maximum atomic E-state index is 13.1. The van der Waals surface area contributed by atoms with Crippen LogP contribution in [0.4, 0.5) is 0 Å². The SMILES string of the molecule is CCCCCCCC/C=C\CCCCCCCC(=O)OCC(COP(=O)(O)OCC(O)COP(=O)(O)OCC(COC(=O)CCCCCCCCCCCCCCCCC)OC(=O)CCCCCCCCCCCCC)OC(=O)CCCCCCCCCCCCCCC. The van der Waals surface area contributed by atoms with Crippen molar-refractivity contribution in [2.75, 3.05) is 39.6 Å². The third-order valence-electron chi connectivity index (χ3n) is 17.3. The number of aliphatic hydroxyl groups excluding tert-OH is 1.